The first-order valence-corrected chi connectivity index (χ1v) is 8.66. The largest absolute Gasteiger partial charge is 0.573 e. The summed E-state index contributed by atoms with van der Waals surface area (Å²) in [7, 11) is 0. The molecule has 2 aromatic rings. The Morgan fingerprint density at radius 2 is 1.86 bits per heavy atom. The molecule has 7 nitrogen and oxygen atoms in total. The molecule has 0 atom stereocenters. The number of nitrogens with zero attached hydrogens (tertiary/aromatic N) is 4. The smallest absolute Gasteiger partial charge is 0.405 e. The number of benzene rings is 1. The molecule has 0 aliphatic carbocycles. The van der Waals surface area contributed by atoms with Crippen LogP contribution in [0.1, 0.15) is 25.3 Å². The summed E-state index contributed by atoms with van der Waals surface area (Å²) in [5.74, 6) is 0.308. The summed E-state index contributed by atoms with van der Waals surface area (Å²) in [5, 5.41) is 13.7. The Morgan fingerprint density at radius 3 is 2.54 bits per heavy atom. The van der Waals surface area contributed by atoms with E-state index in [4.69, 9.17) is 0 Å². The fourth-order valence-corrected chi connectivity index (χ4v) is 2.33. The predicted octanol–water partition coefficient (Wildman–Crippen LogP) is 3.33. The van der Waals surface area contributed by atoms with Crippen molar-refractivity contribution in [2.45, 2.75) is 39.2 Å². The number of rotatable bonds is 9. The summed E-state index contributed by atoms with van der Waals surface area (Å²) in [6.07, 6.45) is 0.440. The van der Waals surface area contributed by atoms with Crippen molar-refractivity contribution in [3.05, 3.63) is 42.5 Å². The third-order valence-corrected chi connectivity index (χ3v) is 3.55. The van der Waals surface area contributed by atoms with Gasteiger partial charge in [-0.15, -0.1) is 47.3 Å². The quantitative estimate of drug-likeness (QED) is 0.234. The first-order chi connectivity index (χ1) is 13.0. The standard InChI is InChI=1S/C17H23F3N6O.HI/c1-2-21-16(22-9-5-6-10-26-12-24-25-13-26)23-11-14-7-3-4-8-15(14)27-17(18,19)20;/h3-4,7-8,12-13H,2,5-6,9-11H2,1H3,(H2,21,22,23);1H. The van der Waals surface area contributed by atoms with E-state index >= 15 is 0 Å². The minimum absolute atomic E-state index is 0. The highest BCUT2D eigenvalue weighted by atomic mass is 127. The number of halogens is 4. The second-order valence-corrected chi connectivity index (χ2v) is 5.68. The van der Waals surface area contributed by atoms with Crippen molar-refractivity contribution in [1.82, 2.24) is 25.4 Å². The fourth-order valence-electron chi connectivity index (χ4n) is 2.33. The van der Waals surface area contributed by atoms with Crippen LogP contribution in [0.15, 0.2) is 41.9 Å². The van der Waals surface area contributed by atoms with Crippen molar-refractivity contribution < 1.29 is 17.9 Å². The highest BCUT2D eigenvalue weighted by molar-refractivity contribution is 14.0. The van der Waals surface area contributed by atoms with E-state index in [0.29, 0.717) is 24.6 Å². The average Bonchev–Trinajstić information content (AvgIpc) is 3.12. The summed E-state index contributed by atoms with van der Waals surface area (Å²) in [5.41, 5.74) is 0.361. The molecular weight excluding hydrogens is 488 g/mol. The molecule has 28 heavy (non-hydrogen) atoms. The van der Waals surface area contributed by atoms with Crippen LogP contribution in [0.3, 0.4) is 0 Å². The average molecular weight is 512 g/mol. The highest BCUT2D eigenvalue weighted by Crippen LogP contribution is 2.26. The van der Waals surface area contributed by atoms with E-state index < -0.39 is 6.36 Å². The first kappa shape index (κ1) is 24.0. The number of alkyl halides is 3. The van der Waals surface area contributed by atoms with Crippen LogP contribution >= 0.6 is 24.0 Å². The van der Waals surface area contributed by atoms with Crippen LogP contribution in [0.25, 0.3) is 0 Å². The van der Waals surface area contributed by atoms with Crippen LogP contribution < -0.4 is 15.4 Å². The van der Waals surface area contributed by atoms with E-state index in [1.54, 1.807) is 24.8 Å². The summed E-state index contributed by atoms with van der Waals surface area (Å²) in [4.78, 5) is 4.34. The van der Waals surface area contributed by atoms with Crippen molar-refractivity contribution in [1.29, 1.82) is 0 Å². The minimum Gasteiger partial charge on any atom is -0.405 e. The Bertz CT molecular complexity index is 709. The molecule has 11 heteroatoms. The minimum atomic E-state index is -4.73. The third kappa shape index (κ3) is 9.24. The molecular formula is C17H24F3IN6O. The molecule has 1 heterocycles. The molecule has 156 valence electrons. The maximum Gasteiger partial charge on any atom is 0.573 e. The summed E-state index contributed by atoms with van der Waals surface area (Å²) >= 11 is 0. The molecule has 0 saturated heterocycles. The molecule has 0 fully saturated rings. The van der Waals surface area contributed by atoms with Crippen LogP contribution in [-0.2, 0) is 13.1 Å². The van der Waals surface area contributed by atoms with Crippen molar-refractivity contribution in [2.75, 3.05) is 13.1 Å². The number of aliphatic imine (C=N–C) groups is 1. The van der Waals surface area contributed by atoms with E-state index in [9.17, 15) is 13.2 Å². The normalized spacial score (nSPS) is 11.6. The molecule has 0 spiro atoms. The van der Waals surface area contributed by atoms with Gasteiger partial charge in [0.15, 0.2) is 5.96 Å². The van der Waals surface area contributed by atoms with Gasteiger partial charge in [0.05, 0.1) is 6.54 Å². The van der Waals surface area contributed by atoms with E-state index in [1.807, 2.05) is 11.5 Å². The zero-order chi connectivity index (χ0) is 19.5. The van der Waals surface area contributed by atoms with Crippen LogP contribution in [0.2, 0.25) is 0 Å². The van der Waals surface area contributed by atoms with Crippen molar-refractivity contribution >= 4 is 29.9 Å². The Morgan fingerprint density at radius 1 is 1.14 bits per heavy atom. The molecule has 0 radical (unpaired) electrons. The van der Waals surface area contributed by atoms with E-state index in [0.717, 1.165) is 19.4 Å². The summed E-state index contributed by atoms with van der Waals surface area (Å²) in [6, 6.07) is 5.99. The number of aryl methyl sites for hydroxylation is 1. The predicted molar refractivity (Wildman–Crippen MR) is 111 cm³/mol. The molecule has 2 rings (SSSR count). The van der Waals surface area contributed by atoms with Gasteiger partial charge in [0.1, 0.15) is 18.4 Å². The number of nitrogens with one attached hydrogen (secondary N) is 2. The molecule has 0 bridgehead atoms. The SMILES string of the molecule is CCNC(=NCc1ccccc1OC(F)(F)F)NCCCCn1cnnc1.I. The Balaban J connectivity index is 0.00000392. The maximum absolute atomic E-state index is 12.5. The third-order valence-electron chi connectivity index (χ3n) is 3.55. The van der Waals surface area contributed by atoms with Gasteiger partial charge in [-0.05, 0) is 25.8 Å². The summed E-state index contributed by atoms with van der Waals surface area (Å²) in [6.45, 7) is 4.15. The molecule has 0 aliphatic heterocycles. The van der Waals surface area contributed by atoms with E-state index in [2.05, 4.69) is 30.6 Å². The lowest BCUT2D eigenvalue weighted by Crippen LogP contribution is -2.37. The van der Waals surface area contributed by atoms with Gasteiger partial charge in [-0.1, -0.05) is 18.2 Å². The second-order valence-electron chi connectivity index (χ2n) is 5.68. The Hall–Kier alpha value is -2.05. The van der Waals surface area contributed by atoms with Gasteiger partial charge in [-0.2, -0.15) is 0 Å². The van der Waals surface area contributed by atoms with Gasteiger partial charge < -0.3 is 19.9 Å². The molecule has 1 aromatic carbocycles. The van der Waals surface area contributed by atoms with Crippen LogP contribution in [0.4, 0.5) is 13.2 Å². The van der Waals surface area contributed by atoms with Crippen LogP contribution in [-0.4, -0.2) is 40.2 Å². The number of hydrogen-bond acceptors (Lipinski definition) is 4. The Kier molecular flexibility index (Phi) is 10.6. The van der Waals surface area contributed by atoms with Crippen molar-refractivity contribution in [3.63, 3.8) is 0 Å². The van der Waals surface area contributed by atoms with Gasteiger partial charge >= 0.3 is 6.36 Å². The number of hydrogen-bond donors (Lipinski definition) is 2. The molecule has 2 N–H and O–H groups in total. The number of ether oxygens (including phenoxy) is 1. The number of guanidine groups is 1. The monoisotopic (exact) mass is 512 g/mol. The lowest BCUT2D eigenvalue weighted by atomic mass is 10.2. The first-order valence-electron chi connectivity index (χ1n) is 8.66. The van der Waals surface area contributed by atoms with Crippen molar-refractivity contribution in [2.24, 2.45) is 4.99 Å². The maximum atomic E-state index is 12.5. The highest BCUT2D eigenvalue weighted by Gasteiger charge is 2.31. The van der Waals surface area contributed by atoms with E-state index in [-0.39, 0.29) is 36.3 Å². The molecule has 1 aromatic heterocycles. The lowest BCUT2D eigenvalue weighted by molar-refractivity contribution is -0.274. The van der Waals surface area contributed by atoms with Gasteiger partial charge in [-0.25, -0.2) is 4.99 Å². The lowest BCUT2D eigenvalue weighted by Gasteiger charge is -2.14. The molecule has 0 aliphatic rings. The summed E-state index contributed by atoms with van der Waals surface area (Å²) < 4.78 is 43.4. The van der Waals surface area contributed by atoms with Gasteiger partial charge in [0.2, 0.25) is 0 Å². The Labute approximate surface area is 178 Å². The second kappa shape index (κ2) is 12.4. The van der Waals surface area contributed by atoms with E-state index in [1.165, 1.54) is 12.1 Å². The number of aromatic nitrogens is 3. The topological polar surface area (TPSA) is 76.4 Å². The zero-order valence-corrected chi connectivity index (χ0v) is 17.8. The number of unbranched alkanes of at least 4 members (excludes halogenated alkanes) is 1. The van der Waals surface area contributed by atoms with Crippen molar-refractivity contribution in [3.8, 4) is 5.75 Å². The van der Waals surface area contributed by atoms with Crippen LogP contribution in [0.5, 0.6) is 5.75 Å². The fraction of sp³-hybridized carbons (Fsp3) is 0.471. The van der Waals surface area contributed by atoms with Gasteiger partial charge in [0, 0.05) is 25.2 Å². The molecule has 0 unspecified atom stereocenters. The van der Waals surface area contributed by atoms with Gasteiger partial charge in [-0.3, -0.25) is 0 Å². The zero-order valence-electron chi connectivity index (χ0n) is 15.4. The number of para-hydroxylation sites is 1. The molecule has 0 saturated carbocycles. The molecule has 0 amide bonds. The van der Waals surface area contributed by atoms with Crippen LogP contribution in [0, 0.1) is 0 Å². The van der Waals surface area contributed by atoms with Gasteiger partial charge in [0.25, 0.3) is 0 Å².